The van der Waals surface area contributed by atoms with E-state index >= 15 is 0 Å². The molecule has 4 heterocycles. The van der Waals surface area contributed by atoms with Gasteiger partial charge in [-0.15, -0.1) is 17.0 Å². The summed E-state index contributed by atoms with van der Waals surface area (Å²) in [6.45, 7) is 3.76. The van der Waals surface area contributed by atoms with Crippen LogP contribution in [0.5, 0.6) is 0 Å². The highest BCUT2D eigenvalue weighted by Crippen LogP contribution is 2.41. The number of furan rings is 1. The van der Waals surface area contributed by atoms with E-state index in [0.717, 1.165) is 11.3 Å². The van der Waals surface area contributed by atoms with Gasteiger partial charge in [0.15, 0.2) is 0 Å². The van der Waals surface area contributed by atoms with Crippen molar-refractivity contribution in [1.82, 2.24) is 9.88 Å². The minimum Gasteiger partial charge on any atom is -0.472 e. The average Bonchev–Trinajstić information content (AvgIpc) is 3.09. The van der Waals surface area contributed by atoms with Crippen LogP contribution in [0.1, 0.15) is 24.8 Å². The summed E-state index contributed by atoms with van der Waals surface area (Å²) in [5.74, 6) is 0. The molecular weight excluding hydrogens is 316 g/mol. The first kappa shape index (κ1) is 13.8. The van der Waals surface area contributed by atoms with Crippen LogP contribution in [0.15, 0.2) is 41.3 Å². The van der Waals surface area contributed by atoms with Crippen LogP contribution in [-0.2, 0) is 5.41 Å². The fourth-order valence-corrected chi connectivity index (χ4v) is 3.66. The predicted molar refractivity (Wildman–Crippen MR) is 84.2 cm³/mol. The Kier molecular flexibility index (Phi) is 3.69. The van der Waals surface area contributed by atoms with E-state index in [-0.39, 0.29) is 17.0 Å². The number of fused-ring (bicyclic) bond motifs is 2. The lowest BCUT2D eigenvalue weighted by Gasteiger charge is -2.34. The average molecular weight is 335 g/mol. The van der Waals surface area contributed by atoms with E-state index in [0.29, 0.717) is 5.41 Å². The van der Waals surface area contributed by atoms with Crippen molar-refractivity contribution in [2.75, 3.05) is 19.6 Å². The largest absolute Gasteiger partial charge is 0.472 e. The molecule has 0 radical (unpaired) electrons. The van der Waals surface area contributed by atoms with Crippen LogP contribution in [0.25, 0.3) is 11.3 Å². The van der Waals surface area contributed by atoms with Gasteiger partial charge in [0, 0.05) is 23.7 Å². The number of pyridine rings is 1. The Labute approximate surface area is 129 Å². The maximum atomic E-state index is 5.12. The lowest BCUT2D eigenvalue weighted by molar-refractivity contribution is 0.243. The molecule has 0 spiro atoms. The third-order valence-corrected chi connectivity index (χ3v) is 4.76. The summed E-state index contributed by atoms with van der Waals surface area (Å²) in [6, 6.07) is 6.36. The smallest absolute Gasteiger partial charge is 0.0996 e. The molecule has 4 rings (SSSR count). The van der Waals surface area contributed by atoms with E-state index in [4.69, 9.17) is 4.42 Å². The molecule has 2 unspecified atom stereocenters. The Morgan fingerprint density at radius 2 is 2.10 bits per heavy atom. The van der Waals surface area contributed by atoms with Crippen LogP contribution in [-0.4, -0.2) is 29.5 Å². The Balaban J connectivity index is 0.00000121. The first-order valence-electron chi connectivity index (χ1n) is 7.07. The second-order valence-corrected chi connectivity index (χ2v) is 5.85. The summed E-state index contributed by atoms with van der Waals surface area (Å²) in [6.07, 6.45) is 9.45. The summed E-state index contributed by atoms with van der Waals surface area (Å²) in [7, 11) is 0. The molecule has 2 fully saturated rings. The minimum absolute atomic E-state index is 0. The second kappa shape index (κ2) is 5.34. The van der Waals surface area contributed by atoms with Crippen molar-refractivity contribution in [2.45, 2.75) is 24.7 Å². The quantitative estimate of drug-likeness (QED) is 0.839. The molecule has 2 saturated heterocycles. The zero-order chi connectivity index (χ0) is 12.7. The molecule has 106 valence electrons. The molecule has 2 aliphatic heterocycles. The predicted octanol–water partition coefficient (Wildman–Crippen LogP) is 3.66. The van der Waals surface area contributed by atoms with Crippen LogP contribution < -0.4 is 0 Å². The zero-order valence-electron chi connectivity index (χ0n) is 11.4. The number of rotatable bonds is 2. The number of aromatic nitrogens is 1. The molecule has 2 aliphatic rings. The summed E-state index contributed by atoms with van der Waals surface area (Å²) in [5.41, 5.74) is 3.85. The van der Waals surface area contributed by atoms with Gasteiger partial charge in [-0.05, 0) is 50.0 Å². The van der Waals surface area contributed by atoms with Crippen molar-refractivity contribution in [1.29, 1.82) is 0 Å². The number of piperidine rings is 1. The molecule has 2 atom stereocenters. The third-order valence-electron chi connectivity index (χ3n) is 4.76. The topological polar surface area (TPSA) is 29.3 Å². The first-order valence-corrected chi connectivity index (χ1v) is 7.07. The molecule has 2 aromatic heterocycles. The van der Waals surface area contributed by atoms with Gasteiger partial charge in [0.2, 0.25) is 0 Å². The zero-order valence-corrected chi connectivity index (χ0v) is 13.1. The molecular formula is C16H19BrN2O. The summed E-state index contributed by atoms with van der Waals surface area (Å²) in [5, 5.41) is 0. The van der Waals surface area contributed by atoms with Crippen molar-refractivity contribution in [3.8, 4) is 11.3 Å². The SMILES string of the molecule is Br.c1cc(-c2ccc(C34CCCN(CC3)C4)cn2)co1. The molecule has 20 heavy (non-hydrogen) atoms. The second-order valence-electron chi connectivity index (χ2n) is 5.85. The van der Waals surface area contributed by atoms with E-state index in [2.05, 4.69) is 28.2 Å². The number of hydrogen-bond acceptors (Lipinski definition) is 3. The minimum atomic E-state index is 0. The van der Waals surface area contributed by atoms with Crippen molar-refractivity contribution < 1.29 is 4.42 Å². The monoisotopic (exact) mass is 334 g/mol. The Morgan fingerprint density at radius 3 is 2.85 bits per heavy atom. The van der Waals surface area contributed by atoms with Crippen molar-refractivity contribution in [3.05, 3.63) is 42.5 Å². The maximum absolute atomic E-state index is 5.12. The molecule has 0 N–H and O–H groups in total. The summed E-state index contributed by atoms with van der Waals surface area (Å²) >= 11 is 0. The molecule has 0 saturated carbocycles. The fourth-order valence-electron chi connectivity index (χ4n) is 3.66. The third kappa shape index (κ3) is 2.21. The van der Waals surface area contributed by atoms with Gasteiger partial charge < -0.3 is 9.32 Å². The van der Waals surface area contributed by atoms with E-state index in [1.54, 1.807) is 12.5 Å². The van der Waals surface area contributed by atoms with E-state index in [1.165, 1.54) is 44.5 Å². The molecule has 2 bridgehead atoms. The number of hydrogen-bond donors (Lipinski definition) is 0. The van der Waals surface area contributed by atoms with E-state index < -0.39 is 0 Å². The maximum Gasteiger partial charge on any atom is 0.0996 e. The number of nitrogens with zero attached hydrogens (tertiary/aromatic N) is 2. The van der Waals surface area contributed by atoms with Crippen LogP contribution >= 0.6 is 17.0 Å². The van der Waals surface area contributed by atoms with Gasteiger partial charge >= 0.3 is 0 Å². The fraction of sp³-hybridized carbons (Fsp3) is 0.438. The lowest BCUT2D eigenvalue weighted by Crippen LogP contribution is -2.36. The standard InChI is InChI=1S/C16H18N2O.BrH/c1-5-16(6-8-18(7-1)12-16)14-2-3-15(17-10-14)13-4-9-19-11-13;/h2-4,9-11H,1,5-8,12H2;1H. The number of halogens is 1. The van der Waals surface area contributed by atoms with Gasteiger partial charge in [-0.1, -0.05) is 6.07 Å². The lowest BCUT2D eigenvalue weighted by atomic mass is 9.75. The van der Waals surface area contributed by atoms with Gasteiger partial charge in [0.05, 0.1) is 18.2 Å². The van der Waals surface area contributed by atoms with Crippen molar-refractivity contribution in [3.63, 3.8) is 0 Å². The normalized spacial score (nSPS) is 28.1. The summed E-state index contributed by atoms with van der Waals surface area (Å²) in [4.78, 5) is 7.22. The van der Waals surface area contributed by atoms with Crippen LogP contribution in [0.2, 0.25) is 0 Å². The van der Waals surface area contributed by atoms with Gasteiger partial charge in [-0.25, -0.2) is 0 Å². The molecule has 0 amide bonds. The Morgan fingerprint density at radius 1 is 1.15 bits per heavy atom. The molecule has 2 aromatic rings. The van der Waals surface area contributed by atoms with Crippen LogP contribution in [0.3, 0.4) is 0 Å². The Hall–Kier alpha value is -1.13. The first-order chi connectivity index (χ1) is 9.36. The van der Waals surface area contributed by atoms with Gasteiger partial charge in [-0.2, -0.15) is 0 Å². The van der Waals surface area contributed by atoms with Crippen molar-refractivity contribution in [2.24, 2.45) is 0 Å². The molecule has 4 heteroatoms. The molecule has 0 aliphatic carbocycles. The van der Waals surface area contributed by atoms with Crippen LogP contribution in [0.4, 0.5) is 0 Å². The van der Waals surface area contributed by atoms with E-state index in [1.807, 2.05) is 6.07 Å². The highest BCUT2D eigenvalue weighted by molar-refractivity contribution is 8.93. The van der Waals surface area contributed by atoms with Crippen molar-refractivity contribution >= 4 is 17.0 Å². The van der Waals surface area contributed by atoms with Gasteiger partial charge in [0.25, 0.3) is 0 Å². The van der Waals surface area contributed by atoms with Gasteiger partial charge in [0.1, 0.15) is 0 Å². The highest BCUT2D eigenvalue weighted by Gasteiger charge is 2.42. The highest BCUT2D eigenvalue weighted by atomic mass is 79.9. The summed E-state index contributed by atoms with van der Waals surface area (Å²) < 4.78 is 5.12. The van der Waals surface area contributed by atoms with E-state index in [9.17, 15) is 0 Å². The van der Waals surface area contributed by atoms with Gasteiger partial charge in [-0.3, -0.25) is 4.98 Å². The van der Waals surface area contributed by atoms with Crippen LogP contribution in [0, 0.1) is 0 Å². The Bertz CT molecular complexity index is 563. The molecule has 0 aromatic carbocycles. The molecule has 3 nitrogen and oxygen atoms in total.